The normalized spacial score (nSPS) is 19.1. The van der Waals surface area contributed by atoms with Crippen molar-refractivity contribution < 1.29 is 4.79 Å². The van der Waals surface area contributed by atoms with Gasteiger partial charge in [-0.3, -0.25) is 4.79 Å². The number of benzene rings is 2. The van der Waals surface area contributed by atoms with Gasteiger partial charge in [0.25, 0.3) is 0 Å². The average Bonchev–Trinajstić information content (AvgIpc) is 3.03. The van der Waals surface area contributed by atoms with Crippen LogP contribution in [0.2, 0.25) is 0 Å². The monoisotopic (exact) mass is 293 g/mol. The van der Waals surface area contributed by atoms with E-state index in [2.05, 4.69) is 24.3 Å². The van der Waals surface area contributed by atoms with Gasteiger partial charge < -0.3 is 10.6 Å². The van der Waals surface area contributed by atoms with E-state index in [0.717, 1.165) is 29.2 Å². The van der Waals surface area contributed by atoms with Crippen molar-refractivity contribution in [2.45, 2.75) is 31.3 Å². The molecule has 2 atom stereocenters. The van der Waals surface area contributed by atoms with Crippen LogP contribution >= 0.6 is 0 Å². The quantitative estimate of drug-likeness (QED) is 0.943. The molecular formula is C18H19N3O. The summed E-state index contributed by atoms with van der Waals surface area (Å²) < 4.78 is 0. The van der Waals surface area contributed by atoms with Crippen LogP contribution < -0.4 is 5.73 Å². The van der Waals surface area contributed by atoms with E-state index in [9.17, 15) is 4.79 Å². The lowest BCUT2D eigenvalue weighted by atomic mass is 9.98. The summed E-state index contributed by atoms with van der Waals surface area (Å²) in [6.45, 7) is 0.639. The summed E-state index contributed by atoms with van der Waals surface area (Å²) in [7, 11) is 0. The number of carbonyl (C=O) groups excluding carboxylic acids is 1. The van der Waals surface area contributed by atoms with Crippen molar-refractivity contribution in [3.05, 3.63) is 48.0 Å². The molecule has 2 unspecified atom stereocenters. The third kappa shape index (κ3) is 2.68. The van der Waals surface area contributed by atoms with E-state index in [1.54, 1.807) is 4.90 Å². The van der Waals surface area contributed by atoms with Crippen LogP contribution in [-0.2, 0) is 11.2 Å². The number of amides is 1. The Morgan fingerprint density at radius 2 is 2.09 bits per heavy atom. The molecule has 1 aliphatic rings. The zero-order chi connectivity index (χ0) is 15.5. The van der Waals surface area contributed by atoms with E-state index in [1.165, 1.54) is 0 Å². The summed E-state index contributed by atoms with van der Waals surface area (Å²) in [4.78, 5) is 14.1. The first-order valence-corrected chi connectivity index (χ1v) is 7.63. The van der Waals surface area contributed by atoms with Crippen LogP contribution in [0.25, 0.3) is 10.8 Å². The first-order valence-electron chi connectivity index (χ1n) is 7.63. The van der Waals surface area contributed by atoms with Crippen LogP contribution in [0.1, 0.15) is 18.4 Å². The van der Waals surface area contributed by atoms with Gasteiger partial charge in [0.2, 0.25) is 5.91 Å². The SMILES string of the molecule is N#CC1CCCN1C(=O)C(N)Cc1cccc2ccccc12. The third-order valence-corrected chi connectivity index (χ3v) is 4.32. The van der Waals surface area contributed by atoms with Crippen molar-refractivity contribution in [2.24, 2.45) is 5.73 Å². The molecule has 0 spiro atoms. The maximum Gasteiger partial charge on any atom is 0.240 e. The molecule has 1 aliphatic heterocycles. The van der Waals surface area contributed by atoms with Crippen molar-refractivity contribution in [3.63, 3.8) is 0 Å². The molecule has 2 aromatic rings. The van der Waals surface area contributed by atoms with Crippen molar-refractivity contribution >= 4 is 16.7 Å². The maximum atomic E-state index is 12.5. The molecule has 1 fully saturated rings. The standard InChI is InChI=1S/C18H19N3O/c19-12-15-8-4-10-21(15)18(22)17(20)11-14-7-3-6-13-5-1-2-9-16(13)14/h1-3,5-7,9,15,17H,4,8,10-11,20H2. The molecule has 4 nitrogen and oxygen atoms in total. The van der Waals surface area contributed by atoms with Crippen molar-refractivity contribution in [2.75, 3.05) is 6.54 Å². The third-order valence-electron chi connectivity index (χ3n) is 4.32. The number of hydrogen-bond donors (Lipinski definition) is 1. The summed E-state index contributed by atoms with van der Waals surface area (Å²) in [6, 6.07) is 15.4. The Bertz CT molecular complexity index is 729. The highest BCUT2D eigenvalue weighted by molar-refractivity contribution is 5.87. The first kappa shape index (κ1) is 14.6. The van der Waals surface area contributed by atoms with Gasteiger partial charge in [-0.25, -0.2) is 0 Å². The minimum atomic E-state index is -0.597. The number of likely N-dealkylation sites (tertiary alicyclic amines) is 1. The van der Waals surface area contributed by atoms with E-state index in [-0.39, 0.29) is 11.9 Å². The van der Waals surface area contributed by atoms with Crippen LogP contribution in [0.3, 0.4) is 0 Å². The molecule has 1 heterocycles. The number of hydrogen-bond acceptors (Lipinski definition) is 3. The van der Waals surface area contributed by atoms with Gasteiger partial charge in [-0.05, 0) is 35.6 Å². The first-order chi connectivity index (χ1) is 10.7. The Labute approximate surface area is 130 Å². The molecule has 112 valence electrons. The fourth-order valence-corrected chi connectivity index (χ4v) is 3.17. The molecule has 2 aromatic carbocycles. The van der Waals surface area contributed by atoms with E-state index in [4.69, 9.17) is 11.0 Å². The Balaban J connectivity index is 1.80. The lowest BCUT2D eigenvalue weighted by Crippen LogP contribution is -2.46. The summed E-state index contributed by atoms with van der Waals surface area (Å²) in [6.07, 6.45) is 2.13. The summed E-state index contributed by atoms with van der Waals surface area (Å²) in [5.41, 5.74) is 7.21. The minimum Gasteiger partial charge on any atom is -0.325 e. The van der Waals surface area contributed by atoms with Gasteiger partial charge in [-0.2, -0.15) is 5.26 Å². The second-order valence-electron chi connectivity index (χ2n) is 5.77. The molecule has 0 bridgehead atoms. The van der Waals surface area contributed by atoms with E-state index in [1.807, 2.05) is 24.3 Å². The van der Waals surface area contributed by atoms with E-state index >= 15 is 0 Å². The highest BCUT2D eigenvalue weighted by Gasteiger charge is 2.31. The molecule has 1 amide bonds. The molecule has 1 saturated heterocycles. The molecule has 3 rings (SSSR count). The highest BCUT2D eigenvalue weighted by Crippen LogP contribution is 2.21. The zero-order valence-electron chi connectivity index (χ0n) is 12.4. The summed E-state index contributed by atoms with van der Waals surface area (Å²) in [5.74, 6) is -0.114. The fraction of sp³-hybridized carbons (Fsp3) is 0.333. The molecule has 0 radical (unpaired) electrons. The van der Waals surface area contributed by atoms with Crippen LogP contribution in [0.5, 0.6) is 0 Å². The number of nitrogens with two attached hydrogens (primary N) is 1. The van der Waals surface area contributed by atoms with Crippen LogP contribution in [-0.4, -0.2) is 29.4 Å². The van der Waals surface area contributed by atoms with Gasteiger partial charge in [0.1, 0.15) is 6.04 Å². The molecule has 4 heteroatoms. The number of nitrogens with zero attached hydrogens (tertiary/aromatic N) is 2. The van der Waals surface area contributed by atoms with Gasteiger partial charge in [0.05, 0.1) is 12.1 Å². The average molecular weight is 293 g/mol. The largest absolute Gasteiger partial charge is 0.325 e. The second-order valence-corrected chi connectivity index (χ2v) is 5.77. The Morgan fingerprint density at radius 3 is 2.91 bits per heavy atom. The maximum absolute atomic E-state index is 12.5. The van der Waals surface area contributed by atoms with E-state index in [0.29, 0.717) is 13.0 Å². The van der Waals surface area contributed by atoms with Crippen LogP contribution in [0, 0.1) is 11.3 Å². The molecular weight excluding hydrogens is 274 g/mol. The number of carbonyl (C=O) groups is 1. The minimum absolute atomic E-state index is 0.114. The predicted molar refractivity (Wildman–Crippen MR) is 86.0 cm³/mol. The van der Waals surface area contributed by atoms with Gasteiger partial charge in [0, 0.05) is 6.54 Å². The lowest BCUT2D eigenvalue weighted by Gasteiger charge is -2.23. The fourth-order valence-electron chi connectivity index (χ4n) is 3.17. The Morgan fingerprint density at radius 1 is 1.32 bits per heavy atom. The highest BCUT2D eigenvalue weighted by atomic mass is 16.2. The van der Waals surface area contributed by atoms with Gasteiger partial charge >= 0.3 is 0 Å². The predicted octanol–water partition coefficient (Wildman–Crippen LogP) is 2.22. The topological polar surface area (TPSA) is 70.1 Å². The molecule has 0 saturated carbocycles. The van der Waals surface area contributed by atoms with Crippen LogP contribution in [0.4, 0.5) is 0 Å². The van der Waals surface area contributed by atoms with Crippen molar-refractivity contribution in [3.8, 4) is 6.07 Å². The van der Waals surface area contributed by atoms with Gasteiger partial charge in [-0.15, -0.1) is 0 Å². The van der Waals surface area contributed by atoms with Crippen molar-refractivity contribution in [1.82, 2.24) is 4.90 Å². The second kappa shape index (κ2) is 6.17. The Hall–Kier alpha value is -2.38. The zero-order valence-corrected chi connectivity index (χ0v) is 12.4. The number of rotatable bonds is 3. The van der Waals surface area contributed by atoms with Gasteiger partial charge in [0.15, 0.2) is 0 Å². The number of nitriles is 1. The molecule has 0 aromatic heterocycles. The van der Waals surface area contributed by atoms with Crippen molar-refractivity contribution in [1.29, 1.82) is 5.26 Å². The molecule has 0 aliphatic carbocycles. The van der Waals surface area contributed by atoms with Crippen LogP contribution in [0.15, 0.2) is 42.5 Å². The van der Waals surface area contributed by atoms with E-state index < -0.39 is 6.04 Å². The number of fused-ring (bicyclic) bond motifs is 1. The smallest absolute Gasteiger partial charge is 0.240 e. The molecule has 22 heavy (non-hydrogen) atoms. The van der Waals surface area contributed by atoms with Gasteiger partial charge in [-0.1, -0.05) is 42.5 Å². The Kier molecular flexibility index (Phi) is 4.08. The summed E-state index contributed by atoms with van der Waals surface area (Å²) in [5, 5.41) is 11.4. The lowest BCUT2D eigenvalue weighted by molar-refractivity contribution is -0.132. The molecule has 2 N–H and O–H groups in total. The summed E-state index contributed by atoms with van der Waals surface area (Å²) >= 11 is 0.